The number of nitrogens with one attached hydrogen (secondary N) is 2. The van der Waals surface area contributed by atoms with Gasteiger partial charge in [-0.3, -0.25) is 0 Å². The molecule has 0 bridgehead atoms. The maximum absolute atomic E-state index is 11.8. The third kappa shape index (κ3) is 4.67. The molecule has 2 amide bonds. The zero-order valence-corrected chi connectivity index (χ0v) is 13.5. The van der Waals surface area contributed by atoms with Gasteiger partial charge < -0.3 is 15.5 Å². The van der Waals surface area contributed by atoms with Crippen LogP contribution in [-0.4, -0.2) is 26.2 Å². The second-order valence-electron chi connectivity index (χ2n) is 5.10. The molecule has 0 heterocycles. The van der Waals surface area contributed by atoms with Crippen molar-refractivity contribution in [3.05, 3.63) is 59.1 Å². The molecule has 4 nitrogen and oxygen atoms in total. The second kappa shape index (κ2) is 7.71. The zero-order chi connectivity index (χ0) is 15.9. The molecule has 0 spiro atoms. The molecule has 0 radical (unpaired) electrons. The molecule has 5 heteroatoms. The molecule has 0 saturated carbocycles. The Kier molecular flexibility index (Phi) is 5.67. The van der Waals surface area contributed by atoms with Crippen molar-refractivity contribution >= 4 is 29.0 Å². The second-order valence-corrected chi connectivity index (χ2v) is 5.51. The summed E-state index contributed by atoms with van der Waals surface area (Å²) >= 11 is 6.03. The van der Waals surface area contributed by atoms with Crippen LogP contribution < -0.4 is 15.5 Å². The number of para-hydroxylation sites is 1. The summed E-state index contributed by atoms with van der Waals surface area (Å²) in [6.07, 6.45) is 0. The largest absolute Gasteiger partial charge is 0.373 e. The molecule has 2 aromatic rings. The summed E-state index contributed by atoms with van der Waals surface area (Å²) in [5, 5.41) is 6.24. The zero-order valence-electron chi connectivity index (χ0n) is 12.8. The van der Waals surface area contributed by atoms with Crippen molar-refractivity contribution < 1.29 is 4.79 Å². The molecule has 0 unspecified atom stereocenters. The van der Waals surface area contributed by atoms with Gasteiger partial charge >= 0.3 is 6.03 Å². The fourth-order valence-electron chi connectivity index (χ4n) is 1.99. The van der Waals surface area contributed by atoms with E-state index in [1.54, 1.807) is 6.07 Å². The van der Waals surface area contributed by atoms with Crippen LogP contribution in [0, 0.1) is 6.92 Å². The topological polar surface area (TPSA) is 44.4 Å². The highest BCUT2D eigenvalue weighted by Crippen LogP contribution is 2.19. The van der Waals surface area contributed by atoms with Crippen LogP contribution in [0.1, 0.15) is 5.56 Å². The van der Waals surface area contributed by atoms with E-state index in [-0.39, 0.29) is 6.03 Å². The number of anilines is 2. The number of aryl methyl sites for hydroxylation is 1. The van der Waals surface area contributed by atoms with Crippen molar-refractivity contribution in [3.8, 4) is 0 Å². The third-order valence-corrected chi connectivity index (χ3v) is 3.77. The average molecular weight is 318 g/mol. The van der Waals surface area contributed by atoms with E-state index in [2.05, 4.69) is 15.5 Å². The van der Waals surface area contributed by atoms with Crippen LogP contribution in [-0.2, 0) is 0 Å². The van der Waals surface area contributed by atoms with Gasteiger partial charge in [0.05, 0.1) is 0 Å². The molecule has 0 aromatic heterocycles. The van der Waals surface area contributed by atoms with Crippen LogP contribution >= 0.6 is 11.6 Å². The van der Waals surface area contributed by atoms with Crippen LogP contribution in [0.5, 0.6) is 0 Å². The number of carbonyl (C=O) groups excluding carboxylic acids is 1. The van der Waals surface area contributed by atoms with Gasteiger partial charge in [-0.2, -0.15) is 0 Å². The number of urea groups is 1. The first-order valence-corrected chi connectivity index (χ1v) is 7.51. The molecule has 0 aliphatic heterocycles. The SMILES string of the molecule is Cc1ccc(NC(=O)NCCN(C)c2ccccc2)cc1Cl. The molecule has 0 aliphatic carbocycles. The molecule has 2 N–H and O–H groups in total. The molecule has 2 aromatic carbocycles. The number of hydrogen-bond acceptors (Lipinski definition) is 2. The van der Waals surface area contributed by atoms with Gasteiger partial charge in [-0.1, -0.05) is 35.9 Å². The molecular formula is C17H20ClN3O. The maximum Gasteiger partial charge on any atom is 0.319 e. The van der Waals surface area contributed by atoms with Gasteiger partial charge in [-0.25, -0.2) is 4.79 Å². The molecule has 0 saturated heterocycles. The van der Waals surface area contributed by atoms with Crippen molar-refractivity contribution in [1.82, 2.24) is 5.32 Å². The number of nitrogens with zero attached hydrogens (tertiary/aromatic N) is 1. The van der Waals surface area contributed by atoms with Gasteiger partial charge in [0.2, 0.25) is 0 Å². The third-order valence-electron chi connectivity index (χ3n) is 3.36. The Morgan fingerprint density at radius 2 is 1.91 bits per heavy atom. The van der Waals surface area contributed by atoms with Crippen LogP contribution in [0.2, 0.25) is 5.02 Å². The Balaban J connectivity index is 1.77. The number of benzene rings is 2. The summed E-state index contributed by atoms with van der Waals surface area (Å²) in [7, 11) is 1.99. The number of amides is 2. The summed E-state index contributed by atoms with van der Waals surface area (Å²) in [6.45, 7) is 3.20. The summed E-state index contributed by atoms with van der Waals surface area (Å²) in [5.41, 5.74) is 2.79. The lowest BCUT2D eigenvalue weighted by Gasteiger charge is -2.19. The first-order valence-electron chi connectivity index (χ1n) is 7.13. The minimum atomic E-state index is -0.235. The van der Waals surface area contributed by atoms with Gasteiger partial charge in [0.15, 0.2) is 0 Å². The van der Waals surface area contributed by atoms with Crippen LogP contribution in [0.15, 0.2) is 48.5 Å². The molecule has 0 fully saturated rings. The first-order chi connectivity index (χ1) is 10.6. The summed E-state index contributed by atoms with van der Waals surface area (Å²) in [5.74, 6) is 0. The van der Waals surface area contributed by atoms with Gasteiger partial charge in [0.1, 0.15) is 0 Å². The normalized spacial score (nSPS) is 10.1. The van der Waals surface area contributed by atoms with Crippen molar-refractivity contribution in [2.45, 2.75) is 6.92 Å². The number of halogens is 1. The van der Waals surface area contributed by atoms with Gasteiger partial charge in [-0.05, 0) is 36.8 Å². The van der Waals surface area contributed by atoms with Crippen molar-refractivity contribution in [1.29, 1.82) is 0 Å². The average Bonchev–Trinajstić information content (AvgIpc) is 2.51. The Morgan fingerprint density at radius 3 is 2.59 bits per heavy atom. The first kappa shape index (κ1) is 16.2. The lowest BCUT2D eigenvalue weighted by molar-refractivity contribution is 0.252. The van der Waals surface area contributed by atoms with Crippen LogP contribution in [0.3, 0.4) is 0 Å². The Hall–Kier alpha value is -2.20. The Labute approximate surface area is 136 Å². The Bertz CT molecular complexity index is 631. The summed E-state index contributed by atoms with van der Waals surface area (Å²) in [6, 6.07) is 15.3. The quantitative estimate of drug-likeness (QED) is 0.878. The highest BCUT2D eigenvalue weighted by Gasteiger charge is 2.04. The van der Waals surface area contributed by atoms with E-state index in [1.807, 2.05) is 56.4 Å². The molecule has 0 aliphatic rings. The van der Waals surface area contributed by atoms with E-state index >= 15 is 0 Å². The van der Waals surface area contributed by atoms with E-state index in [9.17, 15) is 4.79 Å². The van der Waals surface area contributed by atoms with E-state index in [0.29, 0.717) is 17.3 Å². The highest BCUT2D eigenvalue weighted by atomic mass is 35.5. The predicted molar refractivity (Wildman–Crippen MR) is 92.9 cm³/mol. The molecule has 116 valence electrons. The van der Waals surface area contributed by atoms with E-state index in [0.717, 1.165) is 17.8 Å². The highest BCUT2D eigenvalue weighted by molar-refractivity contribution is 6.31. The van der Waals surface area contributed by atoms with E-state index in [4.69, 9.17) is 11.6 Å². The van der Waals surface area contributed by atoms with Crippen LogP contribution in [0.25, 0.3) is 0 Å². The maximum atomic E-state index is 11.8. The van der Waals surface area contributed by atoms with E-state index < -0.39 is 0 Å². The van der Waals surface area contributed by atoms with Gasteiger partial charge in [0.25, 0.3) is 0 Å². The molecular weight excluding hydrogens is 298 g/mol. The molecule has 22 heavy (non-hydrogen) atoms. The van der Waals surface area contributed by atoms with Crippen molar-refractivity contribution in [3.63, 3.8) is 0 Å². The van der Waals surface area contributed by atoms with Gasteiger partial charge in [0, 0.05) is 36.5 Å². The monoisotopic (exact) mass is 317 g/mol. The van der Waals surface area contributed by atoms with Crippen LogP contribution in [0.4, 0.5) is 16.2 Å². The fraction of sp³-hybridized carbons (Fsp3) is 0.235. The number of carbonyl (C=O) groups is 1. The van der Waals surface area contributed by atoms with E-state index in [1.165, 1.54) is 0 Å². The fourth-order valence-corrected chi connectivity index (χ4v) is 2.18. The lowest BCUT2D eigenvalue weighted by atomic mass is 10.2. The molecule has 0 atom stereocenters. The lowest BCUT2D eigenvalue weighted by Crippen LogP contribution is -2.35. The number of hydrogen-bond donors (Lipinski definition) is 2. The number of likely N-dealkylation sites (N-methyl/N-ethyl adjacent to an activating group) is 1. The number of rotatable bonds is 5. The Morgan fingerprint density at radius 1 is 1.18 bits per heavy atom. The minimum absolute atomic E-state index is 0.235. The van der Waals surface area contributed by atoms with Crippen molar-refractivity contribution in [2.75, 3.05) is 30.4 Å². The van der Waals surface area contributed by atoms with Gasteiger partial charge in [-0.15, -0.1) is 0 Å². The standard InChI is InChI=1S/C17H20ClN3O/c1-13-8-9-14(12-16(13)18)20-17(22)19-10-11-21(2)15-6-4-3-5-7-15/h3-9,12H,10-11H2,1-2H3,(H2,19,20,22). The summed E-state index contributed by atoms with van der Waals surface area (Å²) < 4.78 is 0. The minimum Gasteiger partial charge on any atom is -0.373 e. The molecule has 2 rings (SSSR count). The summed E-state index contributed by atoms with van der Waals surface area (Å²) in [4.78, 5) is 13.9. The smallest absolute Gasteiger partial charge is 0.319 e. The predicted octanol–water partition coefficient (Wildman–Crippen LogP) is 3.91. The van der Waals surface area contributed by atoms with Crippen molar-refractivity contribution in [2.24, 2.45) is 0 Å².